The van der Waals surface area contributed by atoms with Crippen molar-refractivity contribution in [2.75, 3.05) is 10.6 Å². The first-order valence-corrected chi connectivity index (χ1v) is 11.4. The van der Waals surface area contributed by atoms with Gasteiger partial charge in [-0.3, -0.25) is 0 Å². The molecule has 0 spiro atoms. The van der Waals surface area contributed by atoms with E-state index in [-0.39, 0.29) is 17.8 Å². The average molecular weight is 461 g/mol. The molecule has 8 nitrogen and oxygen atoms in total. The first-order chi connectivity index (χ1) is 15.1. The van der Waals surface area contributed by atoms with Crippen LogP contribution in [0.25, 0.3) is 11.2 Å². The second kappa shape index (κ2) is 9.92. The highest BCUT2D eigenvalue weighted by Crippen LogP contribution is 2.30. The third kappa shape index (κ3) is 5.61. The van der Waals surface area contributed by atoms with Gasteiger partial charge in [0.1, 0.15) is 5.75 Å². The van der Waals surface area contributed by atoms with Crippen molar-refractivity contribution in [1.29, 1.82) is 0 Å². The zero-order valence-electron chi connectivity index (χ0n) is 19.4. The fraction of sp³-hybridized carbons (Fsp3) is 0.522. The molecule has 1 atom stereocenters. The predicted molar refractivity (Wildman–Crippen MR) is 129 cm³/mol. The van der Waals surface area contributed by atoms with Gasteiger partial charge in [-0.15, -0.1) is 0 Å². The number of nitrogens with one attached hydrogen (secondary N) is 2. The molecule has 0 saturated carbocycles. The van der Waals surface area contributed by atoms with Crippen LogP contribution in [0.5, 0.6) is 5.75 Å². The van der Waals surface area contributed by atoms with Gasteiger partial charge in [0.2, 0.25) is 5.95 Å². The number of rotatable bonds is 10. The van der Waals surface area contributed by atoms with Gasteiger partial charge >= 0.3 is 0 Å². The van der Waals surface area contributed by atoms with Crippen LogP contribution in [0.4, 0.5) is 11.8 Å². The number of hydrogen-bond donors (Lipinski definition) is 4. The third-order valence-corrected chi connectivity index (χ3v) is 5.76. The van der Waals surface area contributed by atoms with Crippen LogP contribution in [0.1, 0.15) is 65.5 Å². The second-order valence-electron chi connectivity index (χ2n) is 8.85. The number of hydrogen-bond acceptors (Lipinski definition) is 7. The molecule has 9 heteroatoms. The molecule has 174 valence electrons. The summed E-state index contributed by atoms with van der Waals surface area (Å²) in [6.07, 6.45) is 4.27. The number of benzene rings is 1. The van der Waals surface area contributed by atoms with E-state index in [1.54, 1.807) is 32.0 Å². The van der Waals surface area contributed by atoms with Crippen molar-refractivity contribution in [3.63, 3.8) is 0 Å². The lowest BCUT2D eigenvalue weighted by atomic mass is 10.0. The van der Waals surface area contributed by atoms with Crippen LogP contribution >= 0.6 is 11.6 Å². The highest BCUT2D eigenvalue weighted by molar-refractivity contribution is 6.32. The first kappa shape index (κ1) is 24.1. The molecule has 1 aromatic carbocycles. The van der Waals surface area contributed by atoms with Crippen LogP contribution in [-0.4, -0.2) is 41.4 Å². The summed E-state index contributed by atoms with van der Waals surface area (Å²) in [6, 6.07) is 5.48. The van der Waals surface area contributed by atoms with Crippen molar-refractivity contribution in [1.82, 2.24) is 19.5 Å². The number of para-hydroxylation sites is 1. The molecule has 0 aliphatic carbocycles. The lowest BCUT2D eigenvalue weighted by molar-refractivity contribution is 0.0672. The van der Waals surface area contributed by atoms with E-state index in [4.69, 9.17) is 16.6 Å². The molecule has 0 radical (unpaired) electrons. The molecule has 0 bridgehead atoms. The topological polar surface area (TPSA) is 108 Å². The molecule has 0 aliphatic rings. The zero-order valence-corrected chi connectivity index (χ0v) is 20.1. The van der Waals surface area contributed by atoms with Crippen molar-refractivity contribution < 1.29 is 10.2 Å². The number of aromatic hydroxyl groups is 1. The smallest absolute Gasteiger partial charge is 0.226 e. The van der Waals surface area contributed by atoms with Crippen molar-refractivity contribution in [3.05, 3.63) is 35.1 Å². The Labute approximate surface area is 194 Å². The predicted octanol–water partition coefficient (Wildman–Crippen LogP) is 5.12. The van der Waals surface area contributed by atoms with Crippen LogP contribution in [0.2, 0.25) is 5.02 Å². The van der Waals surface area contributed by atoms with E-state index in [2.05, 4.69) is 39.0 Å². The van der Waals surface area contributed by atoms with Crippen molar-refractivity contribution in [2.24, 2.45) is 0 Å². The summed E-state index contributed by atoms with van der Waals surface area (Å²) in [5.74, 6) is 1.07. The lowest BCUT2D eigenvalue weighted by Crippen LogP contribution is -2.29. The molecule has 3 rings (SSSR count). The standard InChI is InChI=1S/C23H33ClN6O2/c1-6-16(7-2)30-13-26-18-20(25-12-15-9-8-10-17(24)19(15)31)28-22(29-21(18)30)27-14(3)11-23(4,5)32/h8-10,13-14,16,31-32H,6-7,11-12H2,1-5H3,(H2,25,27,28,29). The highest BCUT2D eigenvalue weighted by atomic mass is 35.5. The molecule has 0 amide bonds. The normalized spacial score (nSPS) is 13.0. The molecule has 2 aromatic heterocycles. The van der Waals surface area contributed by atoms with E-state index in [1.807, 2.05) is 13.3 Å². The molecular weight excluding hydrogens is 428 g/mol. The first-order valence-electron chi connectivity index (χ1n) is 11.1. The maximum absolute atomic E-state index is 10.3. The Morgan fingerprint density at radius 2 is 1.91 bits per heavy atom. The number of nitrogens with zero attached hydrogens (tertiary/aromatic N) is 4. The van der Waals surface area contributed by atoms with E-state index in [1.165, 1.54) is 0 Å². The average Bonchev–Trinajstić information content (AvgIpc) is 3.12. The zero-order chi connectivity index (χ0) is 23.5. The van der Waals surface area contributed by atoms with Gasteiger partial charge in [-0.25, -0.2) is 4.98 Å². The fourth-order valence-electron chi connectivity index (χ4n) is 3.96. The Morgan fingerprint density at radius 1 is 1.19 bits per heavy atom. The molecule has 4 N–H and O–H groups in total. The molecule has 2 heterocycles. The molecule has 0 aliphatic heterocycles. The minimum atomic E-state index is -0.807. The Bertz CT molecular complexity index is 1060. The quantitative estimate of drug-likeness (QED) is 0.332. The summed E-state index contributed by atoms with van der Waals surface area (Å²) < 4.78 is 2.09. The van der Waals surface area contributed by atoms with E-state index in [9.17, 15) is 10.2 Å². The molecule has 3 aromatic rings. The van der Waals surface area contributed by atoms with Gasteiger partial charge in [0.05, 0.1) is 17.0 Å². The number of phenolic OH excluding ortho intramolecular Hbond substituents is 1. The summed E-state index contributed by atoms with van der Waals surface area (Å²) in [5, 5.41) is 27.3. The van der Waals surface area contributed by atoms with Gasteiger partial charge in [0.25, 0.3) is 0 Å². The number of halogens is 1. The Morgan fingerprint density at radius 3 is 2.56 bits per heavy atom. The van der Waals surface area contributed by atoms with Gasteiger partial charge in [-0.05, 0) is 46.1 Å². The maximum Gasteiger partial charge on any atom is 0.226 e. The van der Waals surface area contributed by atoms with E-state index in [0.717, 1.165) is 18.5 Å². The fourth-order valence-corrected chi connectivity index (χ4v) is 4.15. The molecule has 1 unspecified atom stereocenters. The van der Waals surface area contributed by atoms with Gasteiger partial charge in [-0.1, -0.05) is 37.6 Å². The summed E-state index contributed by atoms with van der Waals surface area (Å²) in [6.45, 7) is 10.2. The van der Waals surface area contributed by atoms with E-state index >= 15 is 0 Å². The van der Waals surface area contributed by atoms with Crippen LogP contribution < -0.4 is 10.6 Å². The highest BCUT2D eigenvalue weighted by Gasteiger charge is 2.21. The minimum absolute atomic E-state index is 0.0400. The second-order valence-corrected chi connectivity index (χ2v) is 9.26. The van der Waals surface area contributed by atoms with Crippen LogP contribution in [-0.2, 0) is 6.54 Å². The molecule has 0 fully saturated rings. The number of aliphatic hydroxyl groups is 1. The number of anilines is 2. The number of fused-ring (bicyclic) bond motifs is 1. The number of aromatic nitrogens is 4. The van der Waals surface area contributed by atoms with Crippen molar-refractivity contribution >= 4 is 34.5 Å². The van der Waals surface area contributed by atoms with Crippen LogP contribution in [0.3, 0.4) is 0 Å². The molecular formula is C23H33ClN6O2. The SMILES string of the molecule is CCC(CC)n1cnc2c(NCc3cccc(Cl)c3O)nc(NC(C)CC(C)(C)O)nc21. The number of imidazole rings is 1. The van der Waals surface area contributed by atoms with Gasteiger partial charge in [0.15, 0.2) is 17.0 Å². The summed E-state index contributed by atoms with van der Waals surface area (Å²) >= 11 is 6.05. The third-order valence-electron chi connectivity index (χ3n) is 5.46. The Hall–Kier alpha value is -2.58. The van der Waals surface area contributed by atoms with Crippen molar-refractivity contribution in [2.45, 2.75) is 78.1 Å². The summed E-state index contributed by atoms with van der Waals surface area (Å²) in [5.41, 5.74) is 1.26. The number of phenols is 1. The van der Waals surface area contributed by atoms with Crippen LogP contribution in [0.15, 0.2) is 24.5 Å². The summed E-state index contributed by atoms with van der Waals surface area (Å²) in [4.78, 5) is 14.0. The Balaban J connectivity index is 1.98. The van der Waals surface area contributed by atoms with Gasteiger partial charge in [0, 0.05) is 24.2 Å². The Kier molecular flexibility index (Phi) is 7.46. The lowest BCUT2D eigenvalue weighted by Gasteiger charge is -2.23. The van der Waals surface area contributed by atoms with Gasteiger partial charge < -0.3 is 25.4 Å². The minimum Gasteiger partial charge on any atom is -0.506 e. The van der Waals surface area contributed by atoms with Crippen LogP contribution in [0, 0.1) is 0 Å². The van der Waals surface area contributed by atoms with Crippen molar-refractivity contribution in [3.8, 4) is 5.75 Å². The molecule has 32 heavy (non-hydrogen) atoms. The van der Waals surface area contributed by atoms with E-state index in [0.29, 0.717) is 40.8 Å². The molecule has 0 saturated heterocycles. The summed E-state index contributed by atoms with van der Waals surface area (Å²) in [7, 11) is 0. The maximum atomic E-state index is 10.3. The largest absolute Gasteiger partial charge is 0.506 e. The van der Waals surface area contributed by atoms with E-state index < -0.39 is 5.60 Å². The monoisotopic (exact) mass is 460 g/mol. The van der Waals surface area contributed by atoms with Gasteiger partial charge in [-0.2, -0.15) is 9.97 Å².